The second kappa shape index (κ2) is 8.34. The van der Waals surface area contributed by atoms with Crippen LogP contribution in [0.5, 0.6) is 0 Å². The van der Waals surface area contributed by atoms with Crippen LogP contribution in [0.1, 0.15) is 51.6 Å². The summed E-state index contributed by atoms with van der Waals surface area (Å²) < 4.78 is 19.7. The first-order chi connectivity index (χ1) is 11.8. The van der Waals surface area contributed by atoms with Crippen molar-refractivity contribution in [2.24, 2.45) is 0 Å². The van der Waals surface area contributed by atoms with Crippen molar-refractivity contribution in [3.05, 3.63) is 45.9 Å². The first-order valence-electron chi connectivity index (χ1n) is 8.30. The van der Waals surface area contributed by atoms with Crippen LogP contribution >= 0.6 is 11.6 Å². The third kappa shape index (κ3) is 4.51. The lowest BCUT2D eigenvalue weighted by Crippen LogP contribution is -2.46. The van der Waals surface area contributed by atoms with Gasteiger partial charge in [-0.1, -0.05) is 31.0 Å². The van der Waals surface area contributed by atoms with Gasteiger partial charge >= 0.3 is 12.0 Å². The van der Waals surface area contributed by atoms with E-state index in [0.29, 0.717) is 12.1 Å². The van der Waals surface area contributed by atoms with E-state index in [1.165, 1.54) is 18.2 Å². The predicted octanol–water partition coefficient (Wildman–Crippen LogP) is 4.23. The molecule has 136 valence electrons. The van der Waals surface area contributed by atoms with Gasteiger partial charge in [-0.15, -0.1) is 0 Å². The molecule has 0 aromatic heterocycles. The van der Waals surface area contributed by atoms with E-state index in [1.807, 2.05) is 6.92 Å². The third-order valence-electron chi connectivity index (χ3n) is 3.79. The molecular weight excluding hydrogens is 347 g/mol. The summed E-state index contributed by atoms with van der Waals surface area (Å²) in [7, 11) is 0. The Morgan fingerprint density at radius 1 is 1.40 bits per heavy atom. The number of esters is 1. The Hall–Kier alpha value is -2.08. The predicted molar refractivity (Wildman–Crippen MR) is 93.6 cm³/mol. The number of amides is 2. The van der Waals surface area contributed by atoms with Crippen molar-refractivity contribution in [3.8, 4) is 0 Å². The maximum Gasteiger partial charge on any atom is 0.338 e. The van der Waals surface area contributed by atoms with E-state index in [0.717, 1.165) is 12.8 Å². The van der Waals surface area contributed by atoms with E-state index in [2.05, 4.69) is 10.6 Å². The summed E-state index contributed by atoms with van der Waals surface area (Å²) in [5.41, 5.74) is 0.693. The maximum absolute atomic E-state index is 14.4. The molecule has 25 heavy (non-hydrogen) atoms. The van der Waals surface area contributed by atoms with Gasteiger partial charge in [-0.3, -0.25) is 0 Å². The van der Waals surface area contributed by atoms with Gasteiger partial charge < -0.3 is 15.4 Å². The normalized spacial score (nSPS) is 17.4. The van der Waals surface area contributed by atoms with Gasteiger partial charge in [0.15, 0.2) is 0 Å². The number of carbonyl (C=O) groups excluding carboxylic acids is 2. The molecule has 7 heteroatoms. The monoisotopic (exact) mass is 368 g/mol. The van der Waals surface area contributed by atoms with E-state index in [1.54, 1.807) is 13.8 Å². The quantitative estimate of drug-likeness (QED) is 0.738. The highest BCUT2D eigenvalue weighted by Gasteiger charge is 2.36. The highest BCUT2D eigenvalue weighted by atomic mass is 35.5. The molecule has 1 unspecified atom stereocenters. The largest absolute Gasteiger partial charge is 0.459 e. The number of nitrogens with one attached hydrogen (secondary N) is 2. The first kappa shape index (κ1) is 19.2. The first-order valence-corrected chi connectivity index (χ1v) is 8.68. The Morgan fingerprint density at radius 2 is 2.12 bits per heavy atom. The topological polar surface area (TPSA) is 67.4 Å². The van der Waals surface area contributed by atoms with Crippen molar-refractivity contribution in [2.45, 2.75) is 52.2 Å². The van der Waals surface area contributed by atoms with Crippen LogP contribution < -0.4 is 10.6 Å². The summed E-state index contributed by atoms with van der Waals surface area (Å²) in [4.78, 5) is 24.7. The third-order valence-corrected chi connectivity index (χ3v) is 4.11. The molecule has 1 aliphatic rings. The Labute approximate surface area is 151 Å². The molecule has 0 saturated carbocycles. The fourth-order valence-corrected chi connectivity index (χ4v) is 2.96. The van der Waals surface area contributed by atoms with Crippen molar-refractivity contribution in [3.63, 3.8) is 0 Å². The SMILES string of the molecule is CCCCC1=C(C(=O)OC(C)C)C(c2c(F)cccc2Cl)NC(=O)N1. The zero-order valence-corrected chi connectivity index (χ0v) is 15.2. The fraction of sp³-hybridized carbons (Fsp3) is 0.444. The van der Waals surface area contributed by atoms with Crippen molar-refractivity contribution >= 4 is 23.6 Å². The number of halogens is 2. The number of carbonyl (C=O) groups is 2. The molecule has 0 saturated heterocycles. The number of ether oxygens (including phenoxy) is 1. The minimum Gasteiger partial charge on any atom is -0.459 e. The molecule has 0 aliphatic carbocycles. The summed E-state index contributed by atoms with van der Waals surface area (Å²) in [6, 6.07) is 2.73. The number of rotatable bonds is 6. The van der Waals surface area contributed by atoms with Gasteiger partial charge in [0.05, 0.1) is 17.7 Å². The number of hydrogen-bond acceptors (Lipinski definition) is 3. The average molecular weight is 369 g/mol. The molecule has 1 aromatic rings. The zero-order valence-electron chi connectivity index (χ0n) is 14.5. The zero-order chi connectivity index (χ0) is 18.6. The summed E-state index contributed by atoms with van der Waals surface area (Å²) in [6.07, 6.45) is 1.78. The van der Waals surface area contributed by atoms with Crippen molar-refractivity contribution in [1.29, 1.82) is 0 Å². The molecule has 0 radical (unpaired) electrons. The summed E-state index contributed by atoms with van der Waals surface area (Å²) in [5.74, 6) is -1.19. The molecule has 5 nitrogen and oxygen atoms in total. The summed E-state index contributed by atoms with van der Waals surface area (Å²) in [6.45, 7) is 5.45. The van der Waals surface area contributed by atoms with Crippen LogP contribution in [0.15, 0.2) is 29.5 Å². The second-order valence-electron chi connectivity index (χ2n) is 6.12. The Balaban J connectivity index is 2.57. The van der Waals surface area contributed by atoms with Crippen LogP contribution in [0.25, 0.3) is 0 Å². The van der Waals surface area contributed by atoms with Gasteiger partial charge in [0.2, 0.25) is 0 Å². The molecule has 1 aliphatic heterocycles. The molecule has 1 heterocycles. The highest BCUT2D eigenvalue weighted by Crippen LogP contribution is 2.35. The summed E-state index contributed by atoms with van der Waals surface area (Å²) >= 11 is 6.15. The lowest BCUT2D eigenvalue weighted by molar-refractivity contribution is -0.143. The van der Waals surface area contributed by atoms with Crippen molar-refractivity contribution in [2.75, 3.05) is 0 Å². The lowest BCUT2D eigenvalue weighted by atomic mass is 9.93. The molecule has 0 spiro atoms. The van der Waals surface area contributed by atoms with Crippen molar-refractivity contribution < 1.29 is 18.7 Å². The van der Waals surface area contributed by atoms with Crippen LogP contribution in [0.3, 0.4) is 0 Å². The van der Waals surface area contributed by atoms with Gasteiger partial charge in [0.1, 0.15) is 5.82 Å². The van der Waals surface area contributed by atoms with E-state index in [-0.39, 0.29) is 22.3 Å². The van der Waals surface area contributed by atoms with E-state index in [4.69, 9.17) is 16.3 Å². The molecule has 1 aromatic carbocycles. The smallest absolute Gasteiger partial charge is 0.338 e. The molecule has 2 N–H and O–H groups in total. The number of allylic oxidation sites excluding steroid dienone is 1. The van der Waals surface area contributed by atoms with Crippen LogP contribution in [0.2, 0.25) is 5.02 Å². The number of urea groups is 1. The van der Waals surface area contributed by atoms with Crippen LogP contribution in [-0.4, -0.2) is 18.1 Å². The maximum atomic E-state index is 14.4. The molecule has 1 atom stereocenters. The minimum absolute atomic E-state index is 0.0590. The van der Waals surface area contributed by atoms with Crippen LogP contribution in [0, 0.1) is 5.82 Å². The molecule has 0 bridgehead atoms. The van der Waals surface area contributed by atoms with Gasteiger partial charge in [0.25, 0.3) is 0 Å². The summed E-state index contributed by atoms with van der Waals surface area (Å²) in [5, 5.41) is 5.39. The Kier molecular flexibility index (Phi) is 6.42. The molecule has 2 amide bonds. The van der Waals surface area contributed by atoms with Gasteiger partial charge in [-0.05, 0) is 38.8 Å². The standard InChI is InChI=1S/C18H22ClFN2O3/c1-4-5-9-13-15(17(23)25-10(2)3)16(22-18(24)21-13)14-11(19)7-6-8-12(14)20/h6-8,10,16H,4-5,9H2,1-3H3,(H2,21,22,24). The molecule has 2 rings (SSSR count). The number of unbranched alkanes of at least 4 members (excludes halogenated alkanes) is 1. The van der Waals surface area contributed by atoms with Gasteiger partial charge in [-0.25, -0.2) is 14.0 Å². The van der Waals surface area contributed by atoms with Gasteiger partial charge in [-0.2, -0.15) is 0 Å². The van der Waals surface area contributed by atoms with E-state index >= 15 is 0 Å². The van der Waals surface area contributed by atoms with Gasteiger partial charge in [0, 0.05) is 16.3 Å². The average Bonchev–Trinajstić information content (AvgIpc) is 2.51. The van der Waals surface area contributed by atoms with E-state index in [9.17, 15) is 14.0 Å². The second-order valence-corrected chi connectivity index (χ2v) is 6.52. The van der Waals surface area contributed by atoms with E-state index < -0.39 is 23.9 Å². The Bertz CT molecular complexity index is 683. The van der Waals surface area contributed by atoms with Crippen LogP contribution in [-0.2, 0) is 9.53 Å². The lowest BCUT2D eigenvalue weighted by Gasteiger charge is -2.30. The fourth-order valence-electron chi connectivity index (χ4n) is 2.69. The Morgan fingerprint density at radius 3 is 2.72 bits per heavy atom. The number of benzene rings is 1. The highest BCUT2D eigenvalue weighted by molar-refractivity contribution is 6.31. The molecule has 0 fully saturated rings. The molecular formula is C18H22ClFN2O3. The minimum atomic E-state index is -0.999. The van der Waals surface area contributed by atoms with Crippen molar-refractivity contribution in [1.82, 2.24) is 10.6 Å². The number of hydrogen-bond donors (Lipinski definition) is 2. The van der Waals surface area contributed by atoms with Crippen LogP contribution in [0.4, 0.5) is 9.18 Å².